The minimum absolute atomic E-state index is 0. The fourth-order valence-corrected chi connectivity index (χ4v) is 0.937. The smallest absolute Gasteiger partial charge is 0.486 e. The molecule has 0 aliphatic rings. The van der Waals surface area contributed by atoms with Crippen LogP contribution in [-0.4, -0.2) is 13.6 Å². The van der Waals surface area contributed by atoms with Gasteiger partial charge in [0.05, 0.1) is 6.61 Å². The predicted octanol–water partition coefficient (Wildman–Crippen LogP) is 0.569. The van der Waals surface area contributed by atoms with Crippen LogP contribution in [0.5, 0.6) is 5.75 Å². The third-order valence-electron chi connectivity index (χ3n) is 1.94. The summed E-state index contributed by atoms with van der Waals surface area (Å²) >= 11 is 0. The number of hydrogen-bond donors (Lipinski definition) is 0. The van der Waals surface area contributed by atoms with E-state index in [1.165, 1.54) is 0 Å². The summed E-state index contributed by atoms with van der Waals surface area (Å²) in [6.07, 6.45) is 0. The van der Waals surface area contributed by atoms with Gasteiger partial charge in [0, 0.05) is 6.07 Å². The fraction of sp³-hybridized carbons (Fsp3) is 0.111. The molecule has 1 rings (SSSR count). The molecule has 0 N–H and O–H groups in total. The number of hydrogen-bond acceptors (Lipinski definition) is 1. The first-order valence-corrected chi connectivity index (χ1v) is 4.48. The van der Waals surface area contributed by atoms with Crippen LogP contribution in [-0.2, 0) is 0 Å². The van der Waals surface area contributed by atoms with Crippen LogP contribution in [0.4, 0.5) is 30.5 Å². The molecule has 0 unspecified atom stereocenters. The molecule has 0 heterocycles. The zero-order valence-electron chi connectivity index (χ0n) is 9.62. The molecule has 0 aliphatic heterocycles. The molecule has 10 heteroatoms. The maximum atomic E-state index is 13.0. The van der Waals surface area contributed by atoms with Gasteiger partial charge in [0.2, 0.25) is 11.6 Å². The minimum atomic E-state index is -5.46. The van der Waals surface area contributed by atoms with Crippen LogP contribution in [0, 0.1) is 23.3 Å². The van der Waals surface area contributed by atoms with E-state index >= 15 is 0 Å². The van der Waals surface area contributed by atoms with Crippen LogP contribution >= 0.6 is 0 Å². The van der Waals surface area contributed by atoms with E-state index < -0.39 is 48.1 Å². The molecule has 1 aromatic carbocycles. The van der Waals surface area contributed by atoms with Crippen LogP contribution < -0.4 is 56.1 Å². The van der Waals surface area contributed by atoms with Crippen molar-refractivity contribution in [2.24, 2.45) is 0 Å². The molecule has 0 atom stereocenters. The van der Waals surface area contributed by atoms with Crippen molar-refractivity contribution in [2.75, 3.05) is 6.61 Å². The van der Waals surface area contributed by atoms with Gasteiger partial charge in [0.25, 0.3) is 0 Å². The van der Waals surface area contributed by atoms with Gasteiger partial charge in [-0.3, -0.25) is 0 Å². The average Bonchev–Trinajstić information content (AvgIpc) is 2.25. The van der Waals surface area contributed by atoms with Crippen LogP contribution in [0.3, 0.4) is 0 Å². The van der Waals surface area contributed by atoms with Gasteiger partial charge < -0.3 is 17.7 Å². The van der Waals surface area contributed by atoms with Gasteiger partial charge in [0.15, 0.2) is 17.4 Å². The quantitative estimate of drug-likeness (QED) is 0.449. The molecule has 0 saturated carbocycles. The number of rotatable bonds is 4. The first-order valence-electron chi connectivity index (χ1n) is 4.48. The summed E-state index contributed by atoms with van der Waals surface area (Å²) < 4.78 is 91.6. The number of benzene rings is 1. The van der Waals surface area contributed by atoms with Gasteiger partial charge in [-0.05, 0) is 0 Å². The molecule has 0 radical (unpaired) electrons. The number of ether oxygens (including phenoxy) is 1. The van der Waals surface area contributed by atoms with E-state index in [1.54, 1.807) is 0 Å². The summed E-state index contributed by atoms with van der Waals surface area (Å²) in [6, 6.07) is -0.0833. The maximum absolute atomic E-state index is 13.0. The summed E-state index contributed by atoms with van der Waals surface area (Å²) in [4.78, 5) is 0. The van der Waals surface area contributed by atoms with E-state index in [9.17, 15) is 30.5 Å². The summed E-state index contributed by atoms with van der Waals surface area (Å²) in [6.45, 7) is -4.19. The van der Waals surface area contributed by atoms with Crippen LogP contribution in [0.25, 0.3) is 0 Å². The largest absolute Gasteiger partial charge is 1.00 e. The molecular weight excluding hydrogens is 307 g/mol. The molecule has 100 valence electrons. The van der Waals surface area contributed by atoms with Gasteiger partial charge in [-0.1, -0.05) is 0 Å². The van der Waals surface area contributed by atoms with E-state index in [1.807, 2.05) is 0 Å². The predicted molar refractivity (Wildman–Crippen MR) is 50.0 cm³/mol. The maximum Gasteiger partial charge on any atom is 1.00 e. The Kier molecular flexibility index (Phi) is 7.10. The number of halogens is 7. The third kappa shape index (κ3) is 4.78. The molecule has 0 amide bonds. The summed E-state index contributed by atoms with van der Waals surface area (Å²) in [7, 11) is 0. The van der Waals surface area contributed by atoms with E-state index in [0.29, 0.717) is 0 Å². The van der Waals surface area contributed by atoms with Crippen LogP contribution in [0.15, 0.2) is 18.1 Å². The standard InChI is InChI=1S/C9H5BF7O.K/c1-4(10(15,16)17)3-18-9-7(13)5(11)2-6(12)8(9)14;/h2H,1,3H2;/q-1;+1. The zero-order chi connectivity index (χ0) is 14.1. The van der Waals surface area contributed by atoms with Crippen molar-refractivity contribution in [2.45, 2.75) is 0 Å². The van der Waals surface area contributed by atoms with Gasteiger partial charge in [-0.15, -0.1) is 12.1 Å². The van der Waals surface area contributed by atoms with Crippen LogP contribution in [0.2, 0.25) is 0 Å². The molecule has 0 fully saturated rings. The van der Waals surface area contributed by atoms with Crippen molar-refractivity contribution in [3.8, 4) is 5.75 Å². The van der Waals surface area contributed by atoms with E-state index in [2.05, 4.69) is 11.3 Å². The molecule has 0 bridgehead atoms. The molecule has 0 spiro atoms. The second kappa shape index (κ2) is 7.12. The molecular formula is C9H5BF7KO. The second-order valence-corrected chi connectivity index (χ2v) is 3.32. The van der Waals surface area contributed by atoms with E-state index in [-0.39, 0.29) is 57.5 Å². The Morgan fingerprint density at radius 1 is 1.05 bits per heavy atom. The summed E-state index contributed by atoms with van der Waals surface area (Å²) in [5, 5.41) is 0. The normalized spacial score (nSPS) is 10.9. The topological polar surface area (TPSA) is 9.23 Å². The first-order chi connectivity index (χ1) is 8.14. The molecule has 1 nitrogen and oxygen atoms in total. The molecule has 1 aromatic rings. The van der Waals surface area contributed by atoms with Crippen molar-refractivity contribution in [1.82, 2.24) is 0 Å². The molecule has 0 aliphatic carbocycles. The Morgan fingerprint density at radius 2 is 1.47 bits per heavy atom. The Bertz CT molecular complexity index is 462. The van der Waals surface area contributed by atoms with Crippen LogP contribution in [0.1, 0.15) is 0 Å². The van der Waals surface area contributed by atoms with Crippen molar-refractivity contribution < 1.29 is 86.6 Å². The Morgan fingerprint density at radius 3 is 1.84 bits per heavy atom. The molecule has 19 heavy (non-hydrogen) atoms. The summed E-state index contributed by atoms with van der Waals surface area (Å²) in [5.74, 6) is -8.90. The third-order valence-corrected chi connectivity index (χ3v) is 1.94. The SMILES string of the molecule is C=C(COc1c(F)c(F)cc(F)c1F)[B-](F)(F)F.[K+]. The Labute approximate surface area is 146 Å². The molecule has 0 aromatic heterocycles. The Balaban J connectivity index is 0.00000324. The monoisotopic (exact) mass is 312 g/mol. The van der Waals surface area contributed by atoms with Crippen molar-refractivity contribution >= 4 is 6.98 Å². The van der Waals surface area contributed by atoms with Gasteiger partial charge in [-0.25, -0.2) is 8.78 Å². The van der Waals surface area contributed by atoms with Gasteiger partial charge >= 0.3 is 58.4 Å². The Hall–Kier alpha value is -0.0287. The first kappa shape index (κ1) is 19.0. The van der Waals surface area contributed by atoms with E-state index in [0.717, 1.165) is 0 Å². The fourth-order valence-electron chi connectivity index (χ4n) is 0.937. The minimum Gasteiger partial charge on any atom is -0.486 e. The van der Waals surface area contributed by atoms with Gasteiger partial charge in [-0.2, -0.15) is 8.78 Å². The van der Waals surface area contributed by atoms with E-state index in [4.69, 9.17) is 0 Å². The summed E-state index contributed by atoms with van der Waals surface area (Å²) in [5.41, 5.74) is -1.39. The average molecular weight is 312 g/mol. The zero-order valence-corrected chi connectivity index (χ0v) is 12.7. The van der Waals surface area contributed by atoms with Gasteiger partial charge in [0.1, 0.15) is 0 Å². The van der Waals surface area contributed by atoms with Crippen molar-refractivity contribution in [3.05, 3.63) is 41.4 Å². The second-order valence-electron chi connectivity index (χ2n) is 3.32. The van der Waals surface area contributed by atoms with Crippen molar-refractivity contribution in [1.29, 1.82) is 0 Å². The molecule has 0 saturated heterocycles. The van der Waals surface area contributed by atoms with Crippen molar-refractivity contribution in [3.63, 3.8) is 0 Å².